The fourth-order valence-electron chi connectivity index (χ4n) is 0. The Labute approximate surface area is 40.1 Å². The largest absolute Gasteiger partial charge is 2.00 e. The van der Waals surface area contributed by atoms with Gasteiger partial charge in [0.1, 0.15) is 0 Å². The standard InChI is InChI=1S/Mg.3H2O/h;3*1H2/q+2;;;/p-2. The van der Waals surface area contributed by atoms with E-state index in [0.717, 1.165) is 0 Å². The summed E-state index contributed by atoms with van der Waals surface area (Å²) < 4.78 is 0. The first kappa shape index (κ1) is 148. The fraction of sp³-hybridized carbons (Fsp3) is 0. The molecule has 0 fully saturated rings. The molecule has 3 nitrogen and oxygen atoms in total. The maximum absolute atomic E-state index is 0. The molecular formula is H4MgO3. The van der Waals surface area contributed by atoms with Crippen molar-refractivity contribution in [3.63, 3.8) is 0 Å². The van der Waals surface area contributed by atoms with Crippen molar-refractivity contribution in [2.75, 3.05) is 0 Å². The molecule has 0 unspecified atom stereocenters. The molecule has 0 aliphatic rings. The third-order valence-electron chi connectivity index (χ3n) is 0. The van der Waals surface area contributed by atoms with Gasteiger partial charge in [0.2, 0.25) is 0 Å². The van der Waals surface area contributed by atoms with Crippen molar-refractivity contribution in [2.45, 2.75) is 0 Å². The Bertz CT molecular complexity index is 3.25. The molecule has 0 spiro atoms. The summed E-state index contributed by atoms with van der Waals surface area (Å²) in [5, 5.41) is 0. The van der Waals surface area contributed by atoms with Gasteiger partial charge in [-0.3, -0.25) is 0 Å². The smallest absolute Gasteiger partial charge is 0.870 e. The number of rotatable bonds is 0. The summed E-state index contributed by atoms with van der Waals surface area (Å²) in [6, 6.07) is 0. The first-order chi connectivity index (χ1) is 0. The topological polar surface area (TPSA) is 91.5 Å². The van der Waals surface area contributed by atoms with E-state index in [1.807, 2.05) is 0 Å². The molecule has 0 aromatic carbocycles. The van der Waals surface area contributed by atoms with Gasteiger partial charge in [-0.1, -0.05) is 0 Å². The molecule has 0 bridgehead atoms. The van der Waals surface area contributed by atoms with E-state index in [0.29, 0.717) is 0 Å². The van der Waals surface area contributed by atoms with Crippen LogP contribution in [-0.4, -0.2) is 39.5 Å². The molecular weight excluding hydrogens is 72.3 g/mol. The van der Waals surface area contributed by atoms with Crippen molar-refractivity contribution in [2.24, 2.45) is 0 Å². The summed E-state index contributed by atoms with van der Waals surface area (Å²) in [5.74, 6) is 0. The molecule has 24 valence electrons. The summed E-state index contributed by atoms with van der Waals surface area (Å²) in [4.78, 5) is 0. The molecule has 0 aliphatic carbocycles. The van der Waals surface area contributed by atoms with Gasteiger partial charge >= 0.3 is 23.1 Å². The van der Waals surface area contributed by atoms with Crippen molar-refractivity contribution in [3.05, 3.63) is 0 Å². The van der Waals surface area contributed by atoms with E-state index in [-0.39, 0.29) is 39.5 Å². The molecule has 0 radical (unpaired) electrons. The molecule has 0 heterocycles. The third kappa shape index (κ3) is 17.2. The molecule has 0 atom stereocenters. The van der Waals surface area contributed by atoms with E-state index in [1.54, 1.807) is 0 Å². The summed E-state index contributed by atoms with van der Waals surface area (Å²) >= 11 is 0. The van der Waals surface area contributed by atoms with Crippen LogP contribution in [0.25, 0.3) is 0 Å². The Kier molecular flexibility index (Phi) is 2260. The van der Waals surface area contributed by atoms with Crippen LogP contribution in [0.3, 0.4) is 0 Å². The Morgan fingerprint density at radius 1 is 0.750 bits per heavy atom. The van der Waals surface area contributed by atoms with Gasteiger partial charge in [-0.15, -0.1) is 0 Å². The van der Waals surface area contributed by atoms with Crippen molar-refractivity contribution >= 4 is 23.1 Å². The van der Waals surface area contributed by atoms with Gasteiger partial charge in [0.05, 0.1) is 0 Å². The quantitative estimate of drug-likeness (QED) is 0.326. The van der Waals surface area contributed by atoms with E-state index in [4.69, 9.17) is 0 Å². The molecule has 0 amide bonds. The van der Waals surface area contributed by atoms with Gasteiger partial charge < -0.3 is 16.4 Å². The third-order valence-corrected chi connectivity index (χ3v) is 0. The Morgan fingerprint density at radius 3 is 0.750 bits per heavy atom. The van der Waals surface area contributed by atoms with Crippen LogP contribution in [0.15, 0.2) is 0 Å². The zero-order chi connectivity index (χ0) is 0. The van der Waals surface area contributed by atoms with Crippen LogP contribution < -0.4 is 0 Å². The van der Waals surface area contributed by atoms with E-state index < -0.39 is 0 Å². The Morgan fingerprint density at radius 2 is 0.750 bits per heavy atom. The minimum absolute atomic E-state index is 0. The molecule has 0 aromatic heterocycles. The first-order valence-corrected chi connectivity index (χ1v) is 0. The average Bonchev–Trinajstić information content (AvgIpc) is 0. The van der Waals surface area contributed by atoms with Gasteiger partial charge in [-0.2, -0.15) is 0 Å². The van der Waals surface area contributed by atoms with Gasteiger partial charge in [-0.05, 0) is 0 Å². The van der Waals surface area contributed by atoms with Crippen molar-refractivity contribution in [1.29, 1.82) is 0 Å². The summed E-state index contributed by atoms with van der Waals surface area (Å²) in [5.41, 5.74) is 0. The molecule has 0 saturated carbocycles. The van der Waals surface area contributed by atoms with Gasteiger partial charge in [0.25, 0.3) is 0 Å². The van der Waals surface area contributed by atoms with E-state index >= 15 is 0 Å². The first-order valence-electron chi connectivity index (χ1n) is 0. The average molecular weight is 76.3 g/mol. The van der Waals surface area contributed by atoms with E-state index in [1.165, 1.54) is 0 Å². The molecule has 4 heteroatoms. The molecule has 0 aromatic rings. The molecule has 0 rings (SSSR count). The number of hydrogen-bond acceptors (Lipinski definition) is 2. The normalized spacial score (nSPS) is 0. The van der Waals surface area contributed by atoms with Crippen molar-refractivity contribution < 1.29 is 16.4 Å². The Balaban J connectivity index is 0. The van der Waals surface area contributed by atoms with Gasteiger partial charge in [0.15, 0.2) is 0 Å². The second-order valence-corrected chi connectivity index (χ2v) is 0. The summed E-state index contributed by atoms with van der Waals surface area (Å²) in [6.45, 7) is 0. The van der Waals surface area contributed by atoms with Crippen molar-refractivity contribution in [1.82, 2.24) is 0 Å². The molecule has 4 heavy (non-hydrogen) atoms. The van der Waals surface area contributed by atoms with Crippen LogP contribution in [0.1, 0.15) is 0 Å². The van der Waals surface area contributed by atoms with E-state index in [9.17, 15) is 0 Å². The fourth-order valence-corrected chi connectivity index (χ4v) is 0. The molecule has 0 aliphatic heterocycles. The second kappa shape index (κ2) is 61.1. The van der Waals surface area contributed by atoms with Gasteiger partial charge in [-0.25, -0.2) is 0 Å². The van der Waals surface area contributed by atoms with E-state index in [2.05, 4.69) is 0 Å². The number of hydrogen-bond donors (Lipinski definition) is 0. The maximum Gasteiger partial charge on any atom is 2.00 e. The molecule has 0 saturated heterocycles. The van der Waals surface area contributed by atoms with Crippen LogP contribution >= 0.6 is 0 Å². The zero-order valence-corrected chi connectivity index (χ0v) is 3.52. The molecule has 4 N–H and O–H groups in total. The SMILES string of the molecule is O.[Mg+2].[OH-].[OH-]. The van der Waals surface area contributed by atoms with Crippen LogP contribution in [0.2, 0.25) is 0 Å². The van der Waals surface area contributed by atoms with Crippen LogP contribution in [0.5, 0.6) is 0 Å². The van der Waals surface area contributed by atoms with Crippen LogP contribution in [0.4, 0.5) is 0 Å². The predicted molar refractivity (Wildman–Crippen MR) is 13.2 cm³/mol. The summed E-state index contributed by atoms with van der Waals surface area (Å²) in [7, 11) is 0. The minimum Gasteiger partial charge on any atom is -0.870 e. The monoisotopic (exact) mass is 76.0 g/mol. The zero-order valence-electron chi connectivity index (χ0n) is 2.10. The Hall–Kier alpha value is 0.646. The predicted octanol–water partition coefficient (Wildman–Crippen LogP) is -1.56. The maximum atomic E-state index is 0. The van der Waals surface area contributed by atoms with Crippen LogP contribution in [-0.2, 0) is 0 Å². The van der Waals surface area contributed by atoms with Crippen molar-refractivity contribution in [3.8, 4) is 0 Å². The van der Waals surface area contributed by atoms with Crippen LogP contribution in [0, 0.1) is 0 Å². The summed E-state index contributed by atoms with van der Waals surface area (Å²) in [6.07, 6.45) is 0. The van der Waals surface area contributed by atoms with Gasteiger partial charge in [0, 0.05) is 0 Å². The second-order valence-electron chi connectivity index (χ2n) is 0. The minimum atomic E-state index is 0.